The normalized spacial score (nSPS) is 10.1. The van der Waals surface area contributed by atoms with E-state index in [2.05, 4.69) is 10.6 Å². The van der Waals surface area contributed by atoms with Crippen molar-refractivity contribution in [1.82, 2.24) is 0 Å². The smallest absolute Gasteiger partial charge is 0.234 e. The molecule has 2 amide bonds. The monoisotopic (exact) mass is 364 g/mol. The summed E-state index contributed by atoms with van der Waals surface area (Å²) in [7, 11) is 1.53. The number of amides is 2. The van der Waals surface area contributed by atoms with Crippen LogP contribution in [0.25, 0.3) is 0 Å². The zero-order valence-corrected chi connectivity index (χ0v) is 14.8. The van der Waals surface area contributed by atoms with Crippen LogP contribution in [-0.2, 0) is 9.59 Å². The number of carbonyl (C=O) groups is 2. The fraction of sp³-hybridized carbons (Fsp3) is 0.176. The number of thioether (sulfide) groups is 1. The quantitative estimate of drug-likeness (QED) is 0.759. The predicted octanol–water partition coefficient (Wildman–Crippen LogP) is 4.04. The Hall–Kier alpha value is -2.18. The summed E-state index contributed by atoms with van der Waals surface area (Å²) in [6.07, 6.45) is 0. The lowest BCUT2D eigenvalue weighted by Crippen LogP contribution is -2.14. The highest BCUT2D eigenvalue weighted by molar-refractivity contribution is 8.00. The molecule has 0 aliphatic rings. The van der Waals surface area contributed by atoms with Crippen molar-refractivity contribution in [3.05, 3.63) is 47.5 Å². The zero-order valence-electron chi connectivity index (χ0n) is 13.3. The molecule has 0 fully saturated rings. The highest BCUT2D eigenvalue weighted by Crippen LogP contribution is 2.28. The second-order valence-corrected chi connectivity index (χ2v) is 6.37. The van der Waals surface area contributed by atoms with Gasteiger partial charge in [0.2, 0.25) is 11.8 Å². The van der Waals surface area contributed by atoms with Crippen LogP contribution in [0.2, 0.25) is 5.02 Å². The van der Waals surface area contributed by atoms with Gasteiger partial charge in [0, 0.05) is 22.5 Å². The lowest BCUT2D eigenvalue weighted by molar-refractivity contribution is -0.114. The van der Waals surface area contributed by atoms with Gasteiger partial charge in [0.25, 0.3) is 0 Å². The van der Waals surface area contributed by atoms with Crippen LogP contribution in [0.5, 0.6) is 5.75 Å². The van der Waals surface area contributed by atoms with Crippen molar-refractivity contribution in [3.63, 3.8) is 0 Å². The van der Waals surface area contributed by atoms with E-state index in [-0.39, 0.29) is 17.6 Å². The molecular formula is C17H17ClN2O3S. The molecule has 2 aromatic rings. The first kappa shape index (κ1) is 18.2. The third-order valence-corrected chi connectivity index (χ3v) is 4.23. The zero-order chi connectivity index (χ0) is 17.5. The molecular weight excluding hydrogens is 348 g/mol. The molecule has 24 heavy (non-hydrogen) atoms. The summed E-state index contributed by atoms with van der Waals surface area (Å²) in [6.45, 7) is 1.46. The van der Waals surface area contributed by atoms with Gasteiger partial charge in [-0.1, -0.05) is 11.6 Å². The lowest BCUT2D eigenvalue weighted by Gasteiger charge is -2.10. The lowest BCUT2D eigenvalue weighted by atomic mass is 10.3. The molecule has 2 rings (SSSR count). The number of hydrogen-bond donors (Lipinski definition) is 2. The molecule has 0 spiro atoms. The first-order valence-electron chi connectivity index (χ1n) is 7.12. The molecule has 0 saturated heterocycles. The van der Waals surface area contributed by atoms with Gasteiger partial charge in [0.1, 0.15) is 5.75 Å². The van der Waals surface area contributed by atoms with Gasteiger partial charge in [0.15, 0.2) is 0 Å². The van der Waals surface area contributed by atoms with E-state index in [9.17, 15) is 9.59 Å². The molecule has 2 N–H and O–H groups in total. The standard InChI is InChI=1S/C17H17ClN2O3S/c1-11(21)19-13-4-6-14(7-5-13)24-10-17(22)20-15-9-12(18)3-8-16(15)23-2/h3-9H,10H2,1-2H3,(H,19,21)(H,20,22). The number of anilines is 2. The first-order chi connectivity index (χ1) is 11.5. The van der Waals surface area contributed by atoms with Crippen LogP contribution in [0.4, 0.5) is 11.4 Å². The number of methoxy groups -OCH3 is 1. The molecule has 0 aliphatic heterocycles. The minimum absolute atomic E-state index is 0.120. The van der Waals surface area contributed by atoms with Crippen LogP contribution in [0.1, 0.15) is 6.92 Å². The summed E-state index contributed by atoms with van der Waals surface area (Å²) < 4.78 is 5.19. The van der Waals surface area contributed by atoms with Gasteiger partial charge < -0.3 is 15.4 Å². The van der Waals surface area contributed by atoms with E-state index in [1.165, 1.54) is 25.8 Å². The molecule has 0 heterocycles. The van der Waals surface area contributed by atoms with Gasteiger partial charge in [-0.25, -0.2) is 0 Å². The number of rotatable bonds is 6. The third-order valence-electron chi connectivity index (χ3n) is 2.98. The second-order valence-electron chi connectivity index (χ2n) is 4.89. The van der Waals surface area contributed by atoms with E-state index in [1.54, 1.807) is 30.3 Å². The number of carbonyl (C=O) groups excluding carboxylic acids is 2. The molecule has 0 atom stereocenters. The highest BCUT2D eigenvalue weighted by atomic mass is 35.5. The van der Waals surface area contributed by atoms with E-state index >= 15 is 0 Å². The summed E-state index contributed by atoms with van der Waals surface area (Å²) in [5.74, 6) is 0.518. The van der Waals surface area contributed by atoms with Crippen molar-refractivity contribution in [2.45, 2.75) is 11.8 Å². The second kappa shape index (κ2) is 8.61. The predicted molar refractivity (Wildman–Crippen MR) is 98.1 cm³/mol. The number of ether oxygens (including phenoxy) is 1. The van der Waals surface area contributed by atoms with Gasteiger partial charge in [-0.3, -0.25) is 9.59 Å². The first-order valence-corrected chi connectivity index (χ1v) is 8.48. The van der Waals surface area contributed by atoms with Crippen molar-refractivity contribution in [2.75, 3.05) is 23.5 Å². The van der Waals surface area contributed by atoms with Crippen molar-refractivity contribution >= 4 is 46.6 Å². The van der Waals surface area contributed by atoms with Crippen molar-refractivity contribution in [2.24, 2.45) is 0 Å². The Bertz CT molecular complexity index is 735. The maximum Gasteiger partial charge on any atom is 0.234 e. The Labute approximate surface area is 149 Å². The Morgan fingerprint density at radius 3 is 2.46 bits per heavy atom. The van der Waals surface area contributed by atoms with Crippen LogP contribution < -0.4 is 15.4 Å². The summed E-state index contributed by atoms with van der Waals surface area (Å²) in [4.78, 5) is 24.0. The molecule has 0 saturated carbocycles. The minimum atomic E-state index is -0.161. The average molecular weight is 365 g/mol. The number of hydrogen-bond acceptors (Lipinski definition) is 4. The van der Waals surface area contributed by atoms with Crippen molar-refractivity contribution < 1.29 is 14.3 Å². The van der Waals surface area contributed by atoms with Crippen LogP contribution >= 0.6 is 23.4 Å². The number of nitrogens with one attached hydrogen (secondary N) is 2. The Kier molecular flexibility index (Phi) is 6.52. The van der Waals surface area contributed by atoms with Gasteiger partial charge in [-0.05, 0) is 42.5 Å². The summed E-state index contributed by atoms with van der Waals surface area (Å²) in [5, 5.41) is 6.00. The van der Waals surface area contributed by atoms with Gasteiger partial charge >= 0.3 is 0 Å². The van der Waals surface area contributed by atoms with Gasteiger partial charge in [-0.2, -0.15) is 0 Å². The van der Waals surface area contributed by atoms with Gasteiger partial charge in [-0.15, -0.1) is 11.8 Å². The molecule has 0 aromatic heterocycles. The maximum absolute atomic E-state index is 12.1. The Balaban J connectivity index is 1.91. The fourth-order valence-corrected chi connectivity index (χ4v) is 2.82. The number of halogens is 1. The molecule has 7 heteroatoms. The maximum atomic E-state index is 12.1. The van der Waals surface area contributed by atoms with Crippen molar-refractivity contribution in [1.29, 1.82) is 0 Å². The van der Waals surface area contributed by atoms with Crippen LogP contribution in [-0.4, -0.2) is 24.7 Å². The average Bonchev–Trinajstić information content (AvgIpc) is 2.54. The topological polar surface area (TPSA) is 67.4 Å². The minimum Gasteiger partial charge on any atom is -0.495 e. The summed E-state index contributed by atoms with van der Waals surface area (Å²) in [6, 6.07) is 12.3. The SMILES string of the molecule is COc1ccc(Cl)cc1NC(=O)CSc1ccc(NC(C)=O)cc1. The molecule has 0 aliphatic carbocycles. The molecule has 126 valence electrons. The molecule has 2 aromatic carbocycles. The largest absolute Gasteiger partial charge is 0.495 e. The number of benzene rings is 2. The van der Waals surface area contributed by atoms with E-state index < -0.39 is 0 Å². The molecule has 0 radical (unpaired) electrons. The summed E-state index contributed by atoms with van der Waals surface area (Å²) >= 11 is 7.33. The van der Waals surface area contributed by atoms with Gasteiger partial charge in [0.05, 0.1) is 18.6 Å². The van der Waals surface area contributed by atoms with E-state index in [1.807, 2.05) is 12.1 Å². The third kappa shape index (κ3) is 5.47. The molecule has 5 nitrogen and oxygen atoms in total. The summed E-state index contributed by atoms with van der Waals surface area (Å²) in [5.41, 5.74) is 1.26. The van der Waals surface area contributed by atoms with E-state index in [0.29, 0.717) is 16.5 Å². The van der Waals surface area contributed by atoms with E-state index in [0.717, 1.165) is 10.6 Å². The molecule has 0 bridgehead atoms. The van der Waals surface area contributed by atoms with E-state index in [4.69, 9.17) is 16.3 Å². The fourth-order valence-electron chi connectivity index (χ4n) is 1.95. The van der Waals surface area contributed by atoms with Crippen LogP contribution in [0.15, 0.2) is 47.4 Å². The Morgan fingerprint density at radius 1 is 1.12 bits per heavy atom. The van der Waals surface area contributed by atoms with Crippen molar-refractivity contribution in [3.8, 4) is 5.75 Å². The van der Waals surface area contributed by atoms with Crippen LogP contribution in [0, 0.1) is 0 Å². The molecule has 0 unspecified atom stereocenters. The van der Waals surface area contributed by atoms with Crippen LogP contribution in [0.3, 0.4) is 0 Å². The Morgan fingerprint density at radius 2 is 1.83 bits per heavy atom. The highest BCUT2D eigenvalue weighted by Gasteiger charge is 2.09.